The van der Waals surface area contributed by atoms with Crippen LogP contribution in [0.3, 0.4) is 0 Å². The van der Waals surface area contributed by atoms with Crippen LogP contribution in [0.2, 0.25) is 0 Å². The van der Waals surface area contributed by atoms with Crippen LogP contribution in [0.1, 0.15) is 18.4 Å². The number of rotatable bonds is 6. The molecule has 18 heavy (non-hydrogen) atoms. The van der Waals surface area contributed by atoms with Gasteiger partial charge in [-0.15, -0.1) is 0 Å². The Morgan fingerprint density at radius 1 is 1.56 bits per heavy atom. The molecule has 0 aromatic heterocycles. The number of thiocarbonyl (C=S) groups is 1. The van der Waals surface area contributed by atoms with Gasteiger partial charge >= 0.3 is 0 Å². The molecule has 1 rings (SSSR count). The van der Waals surface area contributed by atoms with Gasteiger partial charge < -0.3 is 15.8 Å². The van der Waals surface area contributed by atoms with Gasteiger partial charge in [0.1, 0.15) is 4.99 Å². The monoisotopic (exact) mass is 330 g/mol. The highest BCUT2D eigenvalue weighted by molar-refractivity contribution is 9.10. The maximum atomic E-state index is 11.6. The van der Waals surface area contributed by atoms with Crippen molar-refractivity contribution in [1.82, 2.24) is 0 Å². The minimum Gasteiger partial charge on any atom is -0.389 e. The summed E-state index contributed by atoms with van der Waals surface area (Å²) in [7, 11) is 1.61. The molecule has 0 heterocycles. The van der Waals surface area contributed by atoms with E-state index in [-0.39, 0.29) is 5.91 Å². The first-order valence-corrected chi connectivity index (χ1v) is 6.63. The third-order valence-electron chi connectivity index (χ3n) is 2.28. The third-order valence-corrected chi connectivity index (χ3v) is 3.17. The van der Waals surface area contributed by atoms with Gasteiger partial charge in [-0.1, -0.05) is 12.2 Å². The van der Waals surface area contributed by atoms with Crippen LogP contribution in [0, 0.1) is 0 Å². The van der Waals surface area contributed by atoms with E-state index in [0.717, 1.165) is 10.0 Å². The van der Waals surface area contributed by atoms with Gasteiger partial charge in [0.25, 0.3) is 0 Å². The highest BCUT2D eigenvalue weighted by Gasteiger charge is 2.07. The normalized spacial score (nSPS) is 10.1. The van der Waals surface area contributed by atoms with Crippen molar-refractivity contribution in [3.05, 3.63) is 28.2 Å². The Kier molecular flexibility index (Phi) is 6.24. The Labute approximate surface area is 120 Å². The molecule has 4 nitrogen and oxygen atoms in total. The molecule has 0 aliphatic rings. The summed E-state index contributed by atoms with van der Waals surface area (Å²) in [6, 6.07) is 5.33. The molecule has 0 saturated carbocycles. The zero-order valence-electron chi connectivity index (χ0n) is 10.0. The largest absolute Gasteiger partial charge is 0.389 e. The number of carbonyl (C=O) groups excluding carboxylic acids is 1. The van der Waals surface area contributed by atoms with Crippen molar-refractivity contribution in [3.63, 3.8) is 0 Å². The van der Waals surface area contributed by atoms with Gasteiger partial charge in [0.15, 0.2) is 0 Å². The number of nitrogens with one attached hydrogen (secondary N) is 1. The highest BCUT2D eigenvalue weighted by Crippen LogP contribution is 2.23. The van der Waals surface area contributed by atoms with Gasteiger partial charge in [-0.2, -0.15) is 0 Å². The molecular weight excluding hydrogens is 316 g/mol. The van der Waals surface area contributed by atoms with Gasteiger partial charge in [-0.3, -0.25) is 4.79 Å². The van der Waals surface area contributed by atoms with E-state index < -0.39 is 0 Å². The van der Waals surface area contributed by atoms with Crippen LogP contribution in [-0.2, 0) is 9.53 Å². The first kappa shape index (κ1) is 15.1. The highest BCUT2D eigenvalue weighted by atomic mass is 79.9. The van der Waals surface area contributed by atoms with Crippen LogP contribution in [0.4, 0.5) is 5.69 Å². The van der Waals surface area contributed by atoms with Crippen LogP contribution in [0.25, 0.3) is 0 Å². The fourth-order valence-corrected chi connectivity index (χ4v) is 1.96. The van der Waals surface area contributed by atoms with Crippen molar-refractivity contribution < 1.29 is 9.53 Å². The molecule has 0 fully saturated rings. The molecule has 1 aromatic carbocycles. The molecule has 0 radical (unpaired) electrons. The lowest BCUT2D eigenvalue weighted by atomic mass is 10.2. The first-order chi connectivity index (χ1) is 8.54. The summed E-state index contributed by atoms with van der Waals surface area (Å²) >= 11 is 8.25. The summed E-state index contributed by atoms with van der Waals surface area (Å²) in [4.78, 5) is 11.9. The van der Waals surface area contributed by atoms with E-state index in [4.69, 9.17) is 22.7 Å². The predicted molar refractivity (Wildman–Crippen MR) is 79.8 cm³/mol. The summed E-state index contributed by atoms with van der Waals surface area (Å²) in [5, 5.41) is 2.81. The number of nitrogens with two attached hydrogens (primary N) is 1. The van der Waals surface area contributed by atoms with E-state index in [0.29, 0.717) is 30.1 Å². The number of benzene rings is 1. The number of halogens is 1. The van der Waals surface area contributed by atoms with Gasteiger partial charge in [0.05, 0.1) is 5.69 Å². The summed E-state index contributed by atoms with van der Waals surface area (Å²) in [5.74, 6) is -0.0455. The molecule has 0 spiro atoms. The van der Waals surface area contributed by atoms with Crippen molar-refractivity contribution >= 4 is 44.7 Å². The summed E-state index contributed by atoms with van der Waals surface area (Å²) < 4.78 is 5.65. The molecule has 0 atom stereocenters. The van der Waals surface area contributed by atoms with E-state index in [1.165, 1.54) is 0 Å². The lowest BCUT2D eigenvalue weighted by Crippen LogP contribution is -2.13. The minimum atomic E-state index is -0.0455. The lowest BCUT2D eigenvalue weighted by Gasteiger charge is -2.08. The Morgan fingerprint density at radius 3 is 2.83 bits per heavy atom. The first-order valence-electron chi connectivity index (χ1n) is 5.42. The van der Waals surface area contributed by atoms with Crippen molar-refractivity contribution in [2.45, 2.75) is 12.8 Å². The summed E-state index contributed by atoms with van der Waals surface area (Å²) in [6.07, 6.45) is 1.13. The molecule has 3 N–H and O–H groups in total. The molecular formula is C12H15BrN2O2S. The van der Waals surface area contributed by atoms with Gasteiger partial charge in [0, 0.05) is 30.2 Å². The fraction of sp³-hybridized carbons (Fsp3) is 0.333. The number of carbonyl (C=O) groups is 1. The molecule has 6 heteroatoms. The van der Waals surface area contributed by atoms with Crippen LogP contribution in [0.5, 0.6) is 0 Å². The second-order valence-electron chi connectivity index (χ2n) is 3.70. The molecule has 1 aromatic rings. The molecule has 98 valence electrons. The Morgan fingerprint density at radius 2 is 2.28 bits per heavy atom. The maximum Gasteiger partial charge on any atom is 0.224 e. The second-order valence-corrected chi connectivity index (χ2v) is 5.00. The average molecular weight is 331 g/mol. The second kappa shape index (κ2) is 7.45. The maximum absolute atomic E-state index is 11.6. The zero-order chi connectivity index (χ0) is 13.5. The number of hydrogen-bond donors (Lipinski definition) is 2. The molecule has 0 aliphatic heterocycles. The van der Waals surface area contributed by atoms with Crippen LogP contribution < -0.4 is 11.1 Å². The Balaban J connectivity index is 2.62. The van der Waals surface area contributed by atoms with E-state index >= 15 is 0 Å². The zero-order valence-corrected chi connectivity index (χ0v) is 12.4. The predicted octanol–water partition coefficient (Wildman–Crippen LogP) is 2.45. The quantitative estimate of drug-likeness (QED) is 0.621. The summed E-state index contributed by atoms with van der Waals surface area (Å²) in [6.45, 7) is 0.578. The van der Waals surface area contributed by atoms with Crippen molar-refractivity contribution in [2.24, 2.45) is 5.73 Å². The van der Waals surface area contributed by atoms with Gasteiger partial charge in [0.2, 0.25) is 5.91 Å². The lowest BCUT2D eigenvalue weighted by molar-refractivity contribution is -0.116. The van der Waals surface area contributed by atoms with Crippen molar-refractivity contribution in [3.8, 4) is 0 Å². The van der Waals surface area contributed by atoms with E-state index in [1.807, 2.05) is 0 Å². The van der Waals surface area contributed by atoms with Crippen LogP contribution >= 0.6 is 28.1 Å². The van der Waals surface area contributed by atoms with E-state index in [2.05, 4.69) is 21.2 Å². The molecule has 1 amide bonds. The SMILES string of the molecule is COCCCC(=O)Nc1ccc(C(N)=S)cc1Br. The minimum absolute atomic E-state index is 0.0455. The number of methoxy groups -OCH3 is 1. The number of anilines is 1. The number of hydrogen-bond acceptors (Lipinski definition) is 3. The fourth-order valence-electron chi connectivity index (χ4n) is 1.36. The summed E-state index contributed by atoms with van der Waals surface area (Å²) in [5.41, 5.74) is 6.99. The molecule has 0 saturated heterocycles. The van der Waals surface area contributed by atoms with Crippen molar-refractivity contribution in [2.75, 3.05) is 19.0 Å². The Hall–Kier alpha value is -0.980. The van der Waals surface area contributed by atoms with Crippen LogP contribution in [0.15, 0.2) is 22.7 Å². The van der Waals surface area contributed by atoms with Gasteiger partial charge in [-0.05, 0) is 40.5 Å². The van der Waals surface area contributed by atoms with E-state index in [1.54, 1.807) is 25.3 Å². The third kappa shape index (κ3) is 4.72. The van der Waals surface area contributed by atoms with Crippen molar-refractivity contribution in [1.29, 1.82) is 0 Å². The van der Waals surface area contributed by atoms with Crippen LogP contribution in [-0.4, -0.2) is 24.6 Å². The smallest absolute Gasteiger partial charge is 0.224 e. The molecule has 0 unspecified atom stereocenters. The average Bonchev–Trinajstić information content (AvgIpc) is 2.32. The molecule has 0 bridgehead atoms. The van der Waals surface area contributed by atoms with E-state index in [9.17, 15) is 4.79 Å². The standard InChI is InChI=1S/C12H15BrN2O2S/c1-17-6-2-3-11(16)15-10-5-4-8(12(14)18)7-9(10)13/h4-5,7H,2-3,6H2,1H3,(H2,14,18)(H,15,16). The Bertz CT molecular complexity index is 452. The molecule has 0 aliphatic carbocycles. The number of ether oxygens (including phenoxy) is 1. The van der Waals surface area contributed by atoms with Gasteiger partial charge in [-0.25, -0.2) is 0 Å². The number of amides is 1. The topological polar surface area (TPSA) is 64.3 Å².